The fourth-order valence-electron chi connectivity index (χ4n) is 1.66. The molecular formula is C12H13N3O4S2. The van der Waals surface area contributed by atoms with Gasteiger partial charge in [-0.05, 0) is 25.1 Å². The molecule has 21 heavy (non-hydrogen) atoms. The minimum absolute atomic E-state index is 0.00526. The van der Waals surface area contributed by atoms with Crippen LogP contribution >= 0.6 is 11.3 Å². The molecule has 0 fully saturated rings. The van der Waals surface area contributed by atoms with E-state index in [1.54, 1.807) is 12.3 Å². The van der Waals surface area contributed by atoms with E-state index < -0.39 is 16.0 Å². The molecule has 1 aromatic carbocycles. The Kier molecular flexibility index (Phi) is 4.26. The Balaban J connectivity index is 2.31. The van der Waals surface area contributed by atoms with Gasteiger partial charge in [-0.2, -0.15) is 0 Å². The molecule has 2 aromatic rings. The summed E-state index contributed by atoms with van der Waals surface area (Å²) in [7, 11) is -3.99. The van der Waals surface area contributed by atoms with E-state index in [1.165, 1.54) is 23.5 Å². The Hall–Kier alpha value is -1.97. The number of anilines is 1. The average molecular weight is 327 g/mol. The van der Waals surface area contributed by atoms with Gasteiger partial charge in [0, 0.05) is 16.8 Å². The van der Waals surface area contributed by atoms with E-state index in [1.807, 2.05) is 0 Å². The van der Waals surface area contributed by atoms with Gasteiger partial charge in [-0.15, -0.1) is 11.3 Å². The van der Waals surface area contributed by atoms with Crippen LogP contribution in [0.1, 0.15) is 21.1 Å². The molecule has 7 nitrogen and oxygen atoms in total. The third kappa shape index (κ3) is 3.57. The van der Waals surface area contributed by atoms with Crippen molar-refractivity contribution in [1.29, 1.82) is 0 Å². The Morgan fingerprint density at radius 1 is 1.48 bits per heavy atom. The summed E-state index contributed by atoms with van der Waals surface area (Å²) in [5.74, 6) is -1.33. The lowest BCUT2D eigenvalue weighted by Crippen LogP contribution is -2.25. The third-order valence-electron chi connectivity index (χ3n) is 2.61. The van der Waals surface area contributed by atoms with Gasteiger partial charge in [-0.1, -0.05) is 0 Å². The highest BCUT2D eigenvalue weighted by Crippen LogP contribution is 2.20. The van der Waals surface area contributed by atoms with E-state index >= 15 is 0 Å². The predicted molar refractivity (Wildman–Crippen MR) is 78.7 cm³/mol. The van der Waals surface area contributed by atoms with Gasteiger partial charge in [0.2, 0.25) is 10.0 Å². The summed E-state index contributed by atoms with van der Waals surface area (Å²) < 4.78 is 26.8. The van der Waals surface area contributed by atoms with Gasteiger partial charge in [0.1, 0.15) is 5.01 Å². The van der Waals surface area contributed by atoms with Crippen molar-refractivity contribution < 1.29 is 18.3 Å². The van der Waals surface area contributed by atoms with Crippen LogP contribution in [0.2, 0.25) is 0 Å². The SMILES string of the molecule is Cc1csc(CNS(=O)(=O)c2cc(N)ccc2C(=O)O)n1. The third-order valence-corrected chi connectivity index (χ3v) is 5.01. The van der Waals surface area contributed by atoms with Crippen LogP contribution in [0.25, 0.3) is 0 Å². The first-order valence-corrected chi connectivity index (χ1v) is 8.19. The summed E-state index contributed by atoms with van der Waals surface area (Å²) in [4.78, 5) is 14.9. The summed E-state index contributed by atoms with van der Waals surface area (Å²) >= 11 is 1.32. The highest BCUT2D eigenvalue weighted by atomic mass is 32.2. The number of thiazole rings is 1. The highest BCUT2D eigenvalue weighted by molar-refractivity contribution is 7.89. The van der Waals surface area contributed by atoms with E-state index in [-0.39, 0.29) is 22.7 Å². The molecule has 112 valence electrons. The van der Waals surface area contributed by atoms with Crippen molar-refractivity contribution in [3.05, 3.63) is 39.8 Å². The van der Waals surface area contributed by atoms with Crippen LogP contribution in [0, 0.1) is 6.92 Å². The molecule has 0 saturated carbocycles. The van der Waals surface area contributed by atoms with E-state index in [0.717, 1.165) is 11.8 Å². The molecule has 2 rings (SSSR count). The summed E-state index contributed by atoms with van der Waals surface area (Å²) in [5, 5.41) is 11.5. The number of carbonyl (C=O) groups is 1. The van der Waals surface area contributed by atoms with Crippen molar-refractivity contribution in [1.82, 2.24) is 9.71 Å². The van der Waals surface area contributed by atoms with Crippen molar-refractivity contribution in [2.24, 2.45) is 0 Å². The van der Waals surface area contributed by atoms with Crippen molar-refractivity contribution in [3.8, 4) is 0 Å². The number of carboxylic acid groups (broad SMARTS) is 1. The molecule has 0 aliphatic heterocycles. The first kappa shape index (κ1) is 15.4. The van der Waals surface area contributed by atoms with Crippen molar-refractivity contribution in [2.75, 3.05) is 5.73 Å². The maximum Gasteiger partial charge on any atom is 0.337 e. The van der Waals surface area contributed by atoms with E-state index in [4.69, 9.17) is 10.8 Å². The van der Waals surface area contributed by atoms with Crippen LogP contribution in [-0.2, 0) is 16.6 Å². The number of hydrogen-bond acceptors (Lipinski definition) is 6. The van der Waals surface area contributed by atoms with Gasteiger partial charge in [-0.25, -0.2) is 22.9 Å². The number of nitrogens with two attached hydrogens (primary N) is 1. The molecule has 0 bridgehead atoms. The van der Waals surface area contributed by atoms with Gasteiger partial charge < -0.3 is 10.8 Å². The number of nitrogens with zero attached hydrogens (tertiary/aromatic N) is 1. The van der Waals surface area contributed by atoms with E-state index in [2.05, 4.69) is 9.71 Å². The maximum absolute atomic E-state index is 12.2. The number of nitrogen functional groups attached to an aromatic ring is 1. The second-order valence-corrected chi connectivity index (χ2v) is 6.95. The summed E-state index contributed by atoms with van der Waals surface area (Å²) in [6, 6.07) is 3.63. The minimum atomic E-state index is -3.99. The van der Waals surface area contributed by atoms with Gasteiger partial charge in [-0.3, -0.25) is 0 Å². The number of hydrogen-bond donors (Lipinski definition) is 3. The quantitative estimate of drug-likeness (QED) is 0.709. The molecule has 1 aromatic heterocycles. The second kappa shape index (κ2) is 5.80. The van der Waals surface area contributed by atoms with Crippen molar-refractivity contribution in [2.45, 2.75) is 18.4 Å². The molecule has 0 saturated heterocycles. The zero-order chi connectivity index (χ0) is 15.6. The van der Waals surface area contributed by atoms with E-state index in [0.29, 0.717) is 5.01 Å². The summed E-state index contributed by atoms with van der Waals surface area (Å²) in [6.07, 6.45) is 0. The standard InChI is InChI=1S/C12H13N3O4S2/c1-7-6-20-11(15-7)5-14-21(18,19)10-4-8(13)2-3-9(10)12(16)17/h2-4,6,14H,5,13H2,1H3,(H,16,17). The molecule has 1 heterocycles. The van der Waals surface area contributed by atoms with Gasteiger partial charge in [0.15, 0.2) is 0 Å². The lowest BCUT2D eigenvalue weighted by Gasteiger charge is -2.09. The van der Waals surface area contributed by atoms with Gasteiger partial charge >= 0.3 is 5.97 Å². The monoisotopic (exact) mass is 327 g/mol. The van der Waals surface area contributed by atoms with E-state index in [9.17, 15) is 13.2 Å². The Morgan fingerprint density at radius 2 is 2.19 bits per heavy atom. The Bertz CT molecular complexity index is 784. The first-order valence-electron chi connectivity index (χ1n) is 5.83. The van der Waals surface area contributed by atoms with Crippen LogP contribution < -0.4 is 10.5 Å². The number of aromatic nitrogens is 1. The topological polar surface area (TPSA) is 122 Å². The maximum atomic E-state index is 12.2. The first-order chi connectivity index (χ1) is 9.79. The predicted octanol–water partition coefficient (Wildman–Crippen LogP) is 1.21. The number of benzene rings is 1. The van der Waals surface area contributed by atoms with Gasteiger partial charge in [0.25, 0.3) is 0 Å². The number of aromatic carboxylic acids is 1. The molecule has 0 atom stereocenters. The lowest BCUT2D eigenvalue weighted by atomic mass is 10.2. The molecule has 0 unspecified atom stereocenters. The van der Waals surface area contributed by atoms with Crippen LogP contribution in [0.15, 0.2) is 28.5 Å². The molecule has 0 spiro atoms. The molecular weight excluding hydrogens is 314 g/mol. The van der Waals surface area contributed by atoms with Crippen LogP contribution in [0.4, 0.5) is 5.69 Å². The average Bonchev–Trinajstić information content (AvgIpc) is 2.82. The Morgan fingerprint density at radius 3 is 2.76 bits per heavy atom. The fourth-order valence-corrected chi connectivity index (χ4v) is 3.68. The summed E-state index contributed by atoms with van der Waals surface area (Å²) in [5.41, 5.74) is 6.18. The lowest BCUT2D eigenvalue weighted by molar-refractivity contribution is 0.0692. The zero-order valence-corrected chi connectivity index (χ0v) is 12.7. The smallest absolute Gasteiger partial charge is 0.337 e. The fraction of sp³-hybridized carbons (Fsp3) is 0.167. The van der Waals surface area contributed by atoms with Crippen LogP contribution in [0.3, 0.4) is 0 Å². The molecule has 4 N–H and O–H groups in total. The van der Waals surface area contributed by atoms with Crippen LogP contribution in [-0.4, -0.2) is 24.5 Å². The van der Waals surface area contributed by atoms with Crippen molar-refractivity contribution >= 4 is 33.0 Å². The second-order valence-electron chi connectivity index (χ2n) is 4.27. The highest BCUT2D eigenvalue weighted by Gasteiger charge is 2.22. The normalized spacial score (nSPS) is 11.5. The largest absolute Gasteiger partial charge is 0.478 e. The molecule has 0 aliphatic carbocycles. The Labute approximate surface area is 125 Å². The van der Waals surface area contributed by atoms with Crippen molar-refractivity contribution in [3.63, 3.8) is 0 Å². The summed E-state index contributed by atoms with van der Waals surface area (Å²) in [6.45, 7) is 1.80. The number of aryl methyl sites for hydroxylation is 1. The van der Waals surface area contributed by atoms with Gasteiger partial charge in [0.05, 0.1) is 17.0 Å². The molecule has 9 heteroatoms. The molecule has 0 radical (unpaired) electrons. The number of sulfonamides is 1. The number of nitrogens with one attached hydrogen (secondary N) is 1. The number of carboxylic acids is 1. The molecule has 0 aliphatic rings. The zero-order valence-electron chi connectivity index (χ0n) is 11.0. The molecule has 0 amide bonds. The number of rotatable bonds is 5. The minimum Gasteiger partial charge on any atom is -0.478 e. The van der Waals surface area contributed by atoms with Crippen LogP contribution in [0.5, 0.6) is 0 Å².